The largest absolute Gasteiger partial charge is 0.462 e. The van der Waals surface area contributed by atoms with Crippen LogP contribution in [0, 0.1) is 5.82 Å². The average molecular weight is 555 g/mol. The molecule has 0 amide bonds. The molecule has 2 unspecified atom stereocenters. The van der Waals surface area contributed by atoms with Crippen molar-refractivity contribution < 1.29 is 9.13 Å². The molecule has 2 aromatic carbocycles. The lowest BCUT2D eigenvalue weighted by Gasteiger charge is -2.34. The summed E-state index contributed by atoms with van der Waals surface area (Å²) in [5, 5.41) is 5.93. The smallest absolute Gasteiger partial charge is 0.319 e. The van der Waals surface area contributed by atoms with E-state index in [9.17, 15) is 0 Å². The summed E-state index contributed by atoms with van der Waals surface area (Å²) in [6, 6.07) is 8.58. The molecule has 7 nitrogen and oxygen atoms in total. The molecule has 0 spiro atoms. The second-order valence-electron chi connectivity index (χ2n) is 10.8. The normalized spacial score (nSPS) is 23.7. The van der Waals surface area contributed by atoms with Crippen molar-refractivity contribution in [2.45, 2.75) is 43.8 Å². The molecule has 0 saturated carbocycles. The molecule has 5 heterocycles. The number of benzene rings is 2. The Bertz CT molecular complexity index is 1530. The van der Waals surface area contributed by atoms with E-state index in [2.05, 4.69) is 32.1 Å². The van der Waals surface area contributed by atoms with E-state index in [1.165, 1.54) is 0 Å². The number of likely N-dealkylation sites (N-methyl/N-ethyl adjacent to an activating group) is 1. The van der Waals surface area contributed by atoms with Crippen LogP contribution in [0.4, 0.5) is 10.2 Å². The van der Waals surface area contributed by atoms with E-state index >= 15 is 4.39 Å². The molecular formula is C28H29Cl2FN6O. The Hall–Kier alpha value is -2.65. The molecule has 3 fully saturated rings. The van der Waals surface area contributed by atoms with Crippen molar-refractivity contribution in [2.24, 2.45) is 0 Å². The zero-order chi connectivity index (χ0) is 26.0. The molecule has 38 heavy (non-hydrogen) atoms. The zero-order valence-electron chi connectivity index (χ0n) is 21.1. The lowest BCUT2D eigenvalue weighted by molar-refractivity contribution is 0.188. The maximum atomic E-state index is 16.5. The van der Waals surface area contributed by atoms with Gasteiger partial charge in [-0.2, -0.15) is 9.97 Å². The molecule has 7 rings (SSSR count). The van der Waals surface area contributed by atoms with Crippen molar-refractivity contribution >= 4 is 50.8 Å². The minimum Gasteiger partial charge on any atom is -0.462 e. The van der Waals surface area contributed by atoms with Crippen LogP contribution in [-0.2, 0) is 0 Å². The molecule has 3 aliphatic rings. The number of fused-ring (bicyclic) bond motifs is 4. The number of hydrogen-bond donors (Lipinski definition) is 2. The molecule has 2 aromatic heterocycles. The van der Waals surface area contributed by atoms with E-state index in [4.69, 9.17) is 32.9 Å². The van der Waals surface area contributed by atoms with Gasteiger partial charge in [0, 0.05) is 69.9 Å². The van der Waals surface area contributed by atoms with Crippen molar-refractivity contribution in [3.05, 3.63) is 46.3 Å². The Balaban J connectivity index is 1.37. The lowest BCUT2D eigenvalue weighted by atomic mass is 10.0. The number of piperazine rings is 1. The molecule has 3 saturated heterocycles. The summed E-state index contributed by atoms with van der Waals surface area (Å²) < 4.78 is 22.6. The van der Waals surface area contributed by atoms with E-state index in [-0.39, 0.29) is 11.5 Å². The van der Waals surface area contributed by atoms with Crippen molar-refractivity contribution in [2.75, 3.05) is 38.2 Å². The van der Waals surface area contributed by atoms with Gasteiger partial charge in [-0.25, -0.2) is 4.39 Å². The highest BCUT2D eigenvalue weighted by Gasteiger charge is 2.34. The third-order valence-corrected chi connectivity index (χ3v) is 8.88. The Kier molecular flexibility index (Phi) is 6.11. The van der Waals surface area contributed by atoms with E-state index in [1.807, 2.05) is 12.1 Å². The van der Waals surface area contributed by atoms with Gasteiger partial charge in [-0.1, -0.05) is 23.2 Å². The van der Waals surface area contributed by atoms with Crippen LogP contribution in [-0.4, -0.2) is 71.3 Å². The topological polar surface area (TPSA) is 69.3 Å². The summed E-state index contributed by atoms with van der Waals surface area (Å²) >= 11 is 13.1. The first-order valence-electron chi connectivity index (χ1n) is 13.3. The predicted octanol–water partition coefficient (Wildman–Crippen LogP) is 5.64. The van der Waals surface area contributed by atoms with Crippen molar-refractivity contribution in [1.82, 2.24) is 25.2 Å². The van der Waals surface area contributed by atoms with Gasteiger partial charge in [-0.3, -0.25) is 0 Å². The van der Waals surface area contributed by atoms with Crippen LogP contribution in [0.15, 0.2) is 30.5 Å². The van der Waals surface area contributed by atoms with Crippen LogP contribution in [0.2, 0.25) is 10.0 Å². The monoisotopic (exact) mass is 554 g/mol. The van der Waals surface area contributed by atoms with Crippen molar-refractivity contribution in [3.8, 4) is 17.1 Å². The Labute approximate surface area is 230 Å². The van der Waals surface area contributed by atoms with Crippen LogP contribution in [0.1, 0.15) is 25.7 Å². The number of rotatable bonds is 5. The minimum absolute atomic E-state index is 0.202. The van der Waals surface area contributed by atoms with E-state index < -0.39 is 5.82 Å². The predicted molar refractivity (Wildman–Crippen MR) is 150 cm³/mol. The van der Waals surface area contributed by atoms with Gasteiger partial charge in [0.15, 0.2) is 5.82 Å². The maximum Gasteiger partial charge on any atom is 0.319 e. The number of aromatic nitrogens is 3. The fourth-order valence-electron chi connectivity index (χ4n) is 6.34. The SMILES string of the molecule is CN1CCC[C@H]1COc1nc(N2CC3CCC(C2)N3)c2cc(Cl)c(-c3c[nH]c4ccc(Cl)cc34)c(F)c2n1. The summed E-state index contributed by atoms with van der Waals surface area (Å²) in [4.78, 5) is 17.2. The number of nitrogens with one attached hydrogen (secondary N) is 2. The molecular weight excluding hydrogens is 526 g/mol. The first-order chi connectivity index (χ1) is 18.4. The lowest BCUT2D eigenvalue weighted by Crippen LogP contribution is -2.51. The van der Waals surface area contributed by atoms with Crippen LogP contribution in [0.3, 0.4) is 0 Å². The Morgan fingerprint density at radius 2 is 1.89 bits per heavy atom. The van der Waals surface area contributed by atoms with E-state index in [0.29, 0.717) is 57.1 Å². The van der Waals surface area contributed by atoms with Gasteiger partial charge in [-0.05, 0) is 63.5 Å². The second kappa shape index (κ2) is 9.52. The quantitative estimate of drug-likeness (QED) is 0.333. The first kappa shape index (κ1) is 24.4. The van der Waals surface area contributed by atoms with E-state index in [0.717, 1.165) is 56.2 Å². The molecule has 0 aliphatic carbocycles. The Morgan fingerprint density at radius 1 is 1.08 bits per heavy atom. The summed E-state index contributed by atoms with van der Waals surface area (Å²) in [6.07, 6.45) is 6.23. The second-order valence-corrected chi connectivity index (χ2v) is 11.6. The number of H-pyrrole nitrogens is 1. The van der Waals surface area contributed by atoms with Gasteiger partial charge in [0.05, 0.1) is 5.02 Å². The minimum atomic E-state index is -0.488. The third-order valence-electron chi connectivity index (χ3n) is 8.35. The standard InChI is InChI=1S/C28H29Cl2FN6O/c1-36-8-2-3-18(36)14-38-28-34-26-20(27(35-28)37-12-16-5-6-17(13-37)33-16)10-22(30)24(25(26)31)21-11-32-23-7-4-15(29)9-19(21)23/h4,7,9-11,16-18,32-33H,2-3,5-6,8,12-14H2,1H3/t16?,17?,18-/m0/s1. The molecule has 4 aromatic rings. The fourth-order valence-corrected chi connectivity index (χ4v) is 6.81. The number of anilines is 1. The Morgan fingerprint density at radius 3 is 2.66 bits per heavy atom. The summed E-state index contributed by atoms with van der Waals surface area (Å²) in [5.74, 6) is 0.190. The van der Waals surface area contributed by atoms with E-state index in [1.54, 1.807) is 18.3 Å². The number of hydrogen-bond acceptors (Lipinski definition) is 6. The maximum absolute atomic E-state index is 16.5. The van der Waals surface area contributed by atoms with Gasteiger partial charge in [0.25, 0.3) is 0 Å². The summed E-state index contributed by atoms with van der Waals surface area (Å²) in [7, 11) is 2.10. The number of halogens is 3. The molecule has 3 atom stereocenters. The zero-order valence-corrected chi connectivity index (χ0v) is 22.6. The highest BCUT2D eigenvalue weighted by Crippen LogP contribution is 2.42. The molecule has 198 valence electrons. The number of ether oxygens (including phenoxy) is 1. The number of nitrogens with zero attached hydrogens (tertiary/aromatic N) is 4. The van der Waals surface area contributed by atoms with Crippen LogP contribution in [0.25, 0.3) is 32.9 Å². The van der Waals surface area contributed by atoms with Gasteiger partial charge in [0.2, 0.25) is 0 Å². The average Bonchev–Trinajstić information content (AvgIpc) is 3.60. The fraction of sp³-hybridized carbons (Fsp3) is 0.429. The van der Waals surface area contributed by atoms with Crippen molar-refractivity contribution in [1.29, 1.82) is 0 Å². The van der Waals surface area contributed by atoms with Gasteiger partial charge < -0.3 is 24.8 Å². The highest BCUT2D eigenvalue weighted by atomic mass is 35.5. The molecule has 2 bridgehead atoms. The molecule has 0 radical (unpaired) electrons. The number of likely N-dealkylation sites (tertiary alicyclic amines) is 1. The molecule has 10 heteroatoms. The van der Waals surface area contributed by atoms with Crippen LogP contribution < -0.4 is 15.0 Å². The van der Waals surface area contributed by atoms with Gasteiger partial charge >= 0.3 is 6.01 Å². The van der Waals surface area contributed by atoms with Gasteiger partial charge in [-0.15, -0.1) is 0 Å². The number of aromatic amines is 1. The molecule has 3 aliphatic heterocycles. The third kappa shape index (κ3) is 4.18. The van der Waals surface area contributed by atoms with Gasteiger partial charge in [0.1, 0.15) is 17.9 Å². The highest BCUT2D eigenvalue weighted by molar-refractivity contribution is 6.35. The van der Waals surface area contributed by atoms with Crippen LogP contribution >= 0.6 is 23.2 Å². The first-order valence-corrected chi connectivity index (χ1v) is 14.0. The summed E-state index contributed by atoms with van der Waals surface area (Å²) in [6.45, 7) is 3.12. The summed E-state index contributed by atoms with van der Waals surface area (Å²) in [5.41, 5.74) is 2.00. The van der Waals surface area contributed by atoms with Crippen molar-refractivity contribution in [3.63, 3.8) is 0 Å². The molecule has 2 N–H and O–H groups in total. The van der Waals surface area contributed by atoms with Crippen LogP contribution in [0.5, 0.6) is 6.01 Å².